The van der Waals surface area contributed by atoms with Gasteiger partial charge in [-0.3, -0.25) is 9.36 Å². The normalized spacial score (nSPS) is 14.6. The molecule has 3 atom stereocenters. The van der Waals surface area contributed by atoms with Crippen molar-refractivity contribution in [2.75, 3.05) is 40.9 Å². The van der Waals surface area contributed by atoms with Gasteiger partial charge in [0.25, 0.3) is 7.82 Å². The van der Waals surface area contributed by atoms with E-state index < -0.39 is 20.0 Å². The number of unbranched alkanes of at least 4 members (excludes halogenated alkanes) is 24. The molecule has 0 aromatic heterocycles. The second-order valence-corrected chi connectivity index (χ2v) is 16.8. The molecular weight excluding hydrogens is 623 g/mol. The third-order valence-electron chi connectivity index (χ3n) is 9.35. The van der Waals surface area contributed by atoms with E-state index >= 15 is 0 Å². The van der Waals surface area contributed by atoms with Crippen molar-refractivity contribution in [1.82, 2.24) is 5.32 Å². The lowest BCUT2D eigenvalue weighted by atomic mass is 10.0. The first-order valence-corrected chi connectivity index (χ1v) is 21.8. The van der Waals surface area contributed by atoms with Crippen LogP contribution in [0.25, 0.3) is 0 Å². The summed E-state index contributed by atoms with van der Waals surface area (Å²) in [5.41, 5.74) is 0. The largest absolute Gasteiger partial charge is 0.756 e. The number of hydrogen-bond donors (Lipinski definition) is 2. The van der Waals surface area contributed by atoms with Gasteiger partial charge >= 0.3 is 0 Å². The lowest BCUT2D eigenvalue weighted by Gasteiger charge is -2.30. The van der Waals surface area contributed by atoms with E-state index in [1.54, 1.807) is 0 Å². The Morgan fingerprint density at radius 2 is 1.02 bits per heavy atom. The molecule has 8 nitrogen and oxygen atoms in total. The zero-order valence-corrected chi connectivity index (χ0v) is 33.4. The molecule has 0 fully saturated rings. The van der Waals surface area contributed by atoms with Crippen LogP contribution >= 0.6 is 7.82 Å². The third kappa shape index (κ3) is 34.0. The zero-order chi connectivity index (χ0) is 35.8. The standard InChI is InChI=1S/C39H81N2O6P/c1-6-8-10-12-14-16-18-20-21-23-25-27-29-31-33-39(43)40-37(36-47-48(44,45)46-35-34-41(3,4)5)38(42)32-30-28-26-24-22-19-17-15-13-11-9-7-2/h37-38,42H,6-36H2,1-5H3,(H-,40,43,44,45)/t37-,38+/m0/s1. The first-order valence-electron chi connectivity index (χ1n) is 20.4. The summed E-state index contributed by atoms with van der Waals surface area (Å²) in [6, 6.07) is -0.791. The summed E-state index contributed by atoms with van der Waals surface area (Å²) >= 11 is 0. The molecule has 0 rings (SSSR count). The fraction of sp³-hybridized carbons (Fsp3) is 0.974. The van der Waals surface area contributed by atoms with Gasteiger partial charge in [-0.1, -0.05) is 174 Å². The molecule has 1 amide bonds. The SMILES string of the molecule is CCCCCCCCCCCCCCCCC(=O)N[C@@H](COP(=O)([O-])OCC[N+](C)(C)C)[C@H](O)CCCCCCCCCCCCCC. The van der Waals surface area contributed by atoms with Crippen molar-refractivity contribution >= 4 is 13.7 Å². The van der Waals surface area contributed by atoms with Gasteiger partial charge in [0.2, 0.25) is 5.91 Å². The molecule has 0 saturated carbocycles. The Kier molecular flexibility index (Phi) is 32.1. The highest BCUT2D eigenvalue weighted by Gasteiger charge is 2.24. The number of nitrogens with one attached hydrogen (secondary N) is 1. The smallest absolute Gasteiger partial charge is 0.268 e. The molecule has 0 saturated heterocycles. The molecule has 0 spiro atoms. The quantitative estimate of drug-likeness (QED) is 0.0379. The summed E-state index contributed by atoms with van der Waals surface area (Å²) in [7, 11) is 1.31. The predicted molar refractivity (Wildman–Crippen MR) is 201 cm³/mol. The van der Waals surface area contributed by atoms with E-state index in [1.807, 2.05) is 21.1 Å². The van der Waals surface area contributed by atoms with Crippen LogP contribution in [0.1, 0.15) is 194 Å². The van der Waals surface area contributed by atoms with Gasteiger partial charge in [0.05, 0.1) is 39.9 Å². The van der Waals surface area contributed by atoms with Crippen molar-refractivity contribution in [1.29, 1.82) is 0 Å². The van der Waals surface area contributed by atoms with E-state index in [0.29, 0.717) is 23.9 Å². The molecule has 288 valence electrons. The number of phosphoric acid groups is 1. The van der Waals surface area contributed by atoms with E-state index in [9.17, 15) is 19.4 Å². The summed E-state index contributed by atoms with van der Waals surface area (Å²) in [6.07, 6.45) is 32.3. The van der Waals surface area contributed by atoms with Crippen LogP contribution in [0.2, 0.25) is 0 Å². The Bertz CT molecular complexity index is 763. The molecule has 0 bridgehead atoms. The van der Waals surface area contributed by atoms with Gasteiger partial charge in [0.15, 0.2) is 0 Å². The van der Waals surface area contributed by atoms with Gasteiger partial charge in [-0.05, 0) is 12.8 Å². The van der Waals surface area contributed by atoms with Crippen LogP contribution in [0.5, 0.6) is 0 Å². The molecular formula is C39H81N2O6P. The van der Waals surface area contributed by atoms with Gasteiger partial charge in [-0.15, -0.1) is 0 Å². The first kappa shape index (κ1) is 47.5. The average molecular weight is 705 g/mol. The minimum absolute atomic E-state index is 0.0157. The summed E-state index contributed by atoms with van der Waals surface area (Å²) in [6.45, 7) is 4.71. The van der Waals surface area contributed by atoms with Gasteiger partial charge in [0, 0.05) is 6.42 Å². The Morgan fingerprint density at radius 3 is 1.42 bits per heavy atom. The third-order valence-corrected chi connectivity index (χ3v) is 10.3. The van der Waals surface area contributed by atoms with Gasteiger partial charge in [-0.25, -0.2) is 0 Å². The van der Waals surface area contributed by atoms with Crippen LogP contribution < -0.4 is 10.2 Å². The van der Waals surface area contributed by atoms with Crippen LogP contribution in [-0.4, -0.2) is 68.5 Å². The van der Waals surface area contributed by atoms with E-state index in [0.717, 1.165) is 38.5 Å². The summed E-state index contributed by atoms with van der Waals surface area (Å²) in [4.78, 5) is 25.2. The number of carbonyl (C=O) groups is 1. The number of aliphatic hydroxyl groups excluding tert-OH is 1. The van der Waals surface area contributed by atoms with E-state index in [4.69, 9.17) is 9.05 Å². The van der Waals surface area contributed by atoms with Crippen molar-refractivity contribution in [3.8, 4) is 0 Å². The number of likely N-dealkylation sites (N-methyl/N-ethyl adjacent to an activating group) is 1. The van der Waals surface area contributed by atoms with Crippen LogP contribution in [0.3, 0.4) is 0 Å². The number of amides is 1. The van der Waals surface area contributed by atoms with Gasteiger partial charge in [-0.2, -0.15) is 0 Å². The highest BCUT2D eigenvalue weighted by atomic mass is 31.2. The Hall–Kier alpha value is -0.500. The number of aliphatic hydroxyl groups is 1. The second kappa shape index (κ2) is 32.4. The summed E-state index contributed by atoms with van der Waals surface area (Å²) < 4.78 is 23.2. The minimum Gasteiger partial charge on any atom is -0.756 e. The number of carbonyl (C=O) groups excluding carboxylic acids is 1. The van der Waals surface area contributed by atoms with Crippen LogP contribution in [0, 0.1) is 0 Å². The number of rotatable bonds is 37. The fourth-order valence-corrected chi connectivity index (χ4v) is 6.76. The summed E-state index contributed by atoms with van der Waals surface area (Å²) in [5, 5.41) is 13.8. The maximum Gasteiger partial charge on any atom is 0.268 e. The number of nitrogens with zero attached hydrogens (tertiary/aromatic N) is 1. The van der Waals surface area contributed by atoms with E-state index in [-0.39, 0.29) is 19.1 Å². The average Bonchev–Trinajstić information content (AvgIpc) is 3.02. The molecule has 0 heterocycles. The molecule has 9 heteroatoms. The Balaban J connectivity index is 4.40. The topological polar surface area (TPSA) is 108 Å². The molecule has 1 unspecified atom stereocenters. The zero-order valence-electron chi connectivity index (χ0n) is 32.5. The number of quaternary nitrogens is 1. The van der Waals surface area contributed by atoms with Crippen molar-refractivity contribution in [3.63, 3.8) is 0 Å². The molecule has 0 aliphatic rings. The first-order chi connectivity index (χ1) is 23.0. The highest BCUT2D eigenvalue weighted by Crippen LogP contribution is 2.38. The predicted octanol–water partition coefficient (Wildman–Crippen LogP) is 10.0. The van der Waals surface area contributed by atoms with E-state index in [1.165, 1.54) is 128 Å². The van der Waals surface area contributed by atoms with Gasteiger partial charge < -0.3 is 28.8 Å². The molecule has 2 N–H and O–H groups in total. The lowest BCUT2D eigenvalue weighted by Crippen LogP contribution is -2.46. The molecule has 0 aliphatic heterocycles. The summed E-state index contributed by atoms with van der Waals surface area (Å²) in [5.74, 6) is -0.164. The fourth-order valence-electron chi connectivity index (χ4n) is 6.04. The van der Waals surface area contributed by atoms with Crippen molar-refractivity contribution < 1.29 is 32.9 Å². The molecule has 0 aliphatic carbocycles. The minimum atomic E-state index is -4.55. The maximum absolute atomic E-state index is 12.8. The van der Waals surface area contributed by atoms with Crippen LogP contribution in [0.4, 0.5) is 0 Å². The molecule has 48 heavy (non-hydrogen) atoms. The maximum atomic E-state index is 12.8. The Labute approximate surface area is 298 Å². The number of hydrogen-bond acceptors (Lipinski definition) is 6. The number of phosphoric ester groups is 1. The monoisotopic (exact) mass is 705 g/mol. The lowest BCUT2D eigenvalue weighted by molar-refractivity contribution is -0.870. The molecule has 0 aromatic rings. The Morgan fingerprint density at radius 1 is 0.646 bits per heavy atom. The highest BCUT2D eigenvalue weighted by molar-refractivity contribution is 7.45. The van der Waals surface area contributed by atoms with Crippen molar-refractivity contribution in [2.24, 2.45) is 0 Å². The van der Waals surface area contributed by atoms with Crippen LogP contribution in [0.15, 0.2) is 0 Å². The second-order valence-electron chi connectivity index (χ2n) is 15.4. The molecule has 0 radical (unpaired) electrons. The van der Waals surface area contributed by atoms with Crippen LogP contribution in [-0.2, 0) is 18.4 Å². The molecule has 0 aromatic carbocycles. The van der Waals surface area contributed by atoms with Crippen molar-refractivity contribution in [2.45, 2.75) is 206 Å². The van der Waals surface area contributed by atoms with Gasteiger partial charge in [0.1, 0.15) is 13.2 Å². The van der Waals surface area contributed by atoms with Crippen molar-refractivity contribution in [3.05, 3.63) is 0 Å². The van der Waals surface area contributed by atoms with E-state index in [2.05, 4.69) is 19.2 Å².